The molecule has 3 atom stereocenters. The van der Waals surface area contributed by atoms with Crippen molar-refractivity contribution in [3.8, 4) is 5.75 Å². The highest BCUT2D eigenvalue weighted by molar-refractivity contribution is 6.74. The van der Waals surface area contributed by atoms with Gasteiger partial charge in [-0.05, 0) is 30.3 Å². The summed E-state index contributed by atoms with van der Waals surface area (Å²) in [5, 5.41) is 0.205. The molecule has 0 radical (unpaired) electrons. The van der Waals surface area contributed by atoms with Crippen LogP contribution in [0, 0.1) is 0 Å². The van der Waals surface area contributed by atoms with Crippen LogP contribution in [0.1, 0.15) is 32.3 Å². The zero-order valence-electron chi connectivity index (χ0n) is 14.1. The maximum absolute atomic E-state index is 6.34. The van der Waals surface area contributed by atoms with Crippen LogP contribution in [-0.2, 0) is 9.16 Å². The second kappa shape index (κ2) is 5.43. The molecule has 0 saturated heterocycles. The Morgan fingerprint density at radius 1 is 1.18 bits per heavy atom. The third kappa shape index (κ3) is 2.70. The van der Waals surface area contributed by atoms with E-state index in [1.807, 2.05) is 18.4 Å². The Balaban J connectivity index is 1.72. The minimum atomic E-state index is -1.77. The summed E-state index contributed by atoms with van der Waals surface area (Å²) in [6, 6.07) is 8.26. The molecule has 0 N–H and O–H groups in total. The molecule has 3 nitrogen and oxygen atoms in total. The molecule has 2 aliphatic rings. The molecule has 120 valence electrons. The van der Waals surface area contributed by atoms with E-state index < -0.39 is 8.32 Å². The van der Waals surface area contributed by atoms with Crippen molar-refractivity contribution in [1.82, 2.24) is 0 Å². The van der Waals surface area contributed by atoms with E-state index in [0.717, 1.165) is 5.75 Å². The fraction of sp³-hybridized carbons (Fsp3) is 0.556. The first-order valence-corrected chi connectivity index (χ1v) is 10.9. The quantitative estimate of drug-likeness (QED) is 0.770. The lowest BCUT2D eigenvalue weighted by Gasteiger charge is -2.38. The van der Waals surface area contributed by atoms with Gasteiger partial charge in [0.2, 0.25) is 0 Å². The number of ether oxygens (including phenoxy) is 2. The molecule has 0 amide bonds. The molecule has 3 rings (SSSR count). The van der Waals surface area contributed by atoms with E-state index in [2.05, 4.69) is 52.1 Å². The largest absolute Gasteiger partial charge is 0.492 e. The molecule has 1 aromatic carbocycles. The monoisotopic (exact) mass is 318 g/mol. The first-order valence-electron chi connectivity index (χ1n) is 8.01. The Kier molecular flexibility index (Phi) is 3.85. The maximum atomic E-state index is 6.34. The second-order valence-electron chi connectivity index (χ2n) is 7.72. The summed E-state index contributed by atoms with van der Waals surface area (Å²) in [4.78, 5) is 0. The molecular weight excluding hydrogens is 292 g/mol. The smallest absolute Gasteiger partial charge is 0.192 e. The molecule has 0 aliphatic carbocycles. The highest BCUT2D eigenvalue weighted by Crippen LogP contribution is 2.43. The molecule has 0 unspecified atom stereocenters. The van der Waals surface area contributed by atoms with Crippen LogP contribution in [0.4, 0.5) is 0 Å². The Hall–Kier alpha value is -1.26. The van der Waals surface area contributed by atoms with Gasteiger partial charge in [-0.3, -0.25) is 0 Å². The van der Waals surface area contributed by atoms with Crippen LogP contribution < -0.4 is 4.74 Å². The van der Waals surface area contributed by atoms with E-state index in [-0.39, 0.29) is 23.2 Å². The molecule has 0 bridgehead atoms. The van der Waals surface area contributed by atoms with Gasteiger partial charge in [0.25, 0.3) is 0 Å². The molecule has 0 aromatic heterocycles. The van der Waals surface area contributed by atoms with Crippen molar-refractivity contribution >= 4 is 8.32 Å². The Labute approximate surface area is 134 Å². The Morgan fingerprint density at radius 2 is 1.91 bits per heavy atom. The third-order valence-electron chi connectivity index (χ3n) is 5.22. The highest BCUT2D eigenvalue weighted by atomic mass is 28.4. The van der Waals surface area contributed by atoms with Gasteiger partial charge in [0, 0.05) is 11.5 Å². The topological polar surface area (TPSA) is 27.7 Å². The maximum Gasteiger partial charge on any atom is 0.192 e. The lowest BCUT2D eigenvalue weighted by molar-refractivity contribution is -0.0137. The predicted octanol–water partition coefficient (Wildman–Crippen LogP) is 4.47. The van der Waals surface area contributed by atoms with E-state index in [1.165, 1.54) is 5.56 Å². The van der Waals surface area contributed by atoms with Crippen LogP contribution >= 0.6 is 0 Å². The average molecular weight is 318 g/mol. The lowest BCUT2D eigenvalue weighted by atomic mass is 9.91. The second-order valence-corrected chi connectivity index (χ2v) is 12.5. The molecule has 1 aromatic rings. The first-order chi connectivity index (χ1) is 10.3. The lowest BCUT2D eigenvalue weighted by Crippen LogP contribution is -2.46. The van der Waals surface area contributed by atoms with Gasteiger partial charge in [-0.25, -0.2) is 0 Å². The third-order valence-corrected chi connectivity index (χ3v) is 9.72. The molecule has 0 spiro atoms. The SMILES string of the molecule is CC(C)(C)[Si](C)(C)OC[C@H]1OC=C[C@@H]2c3ccccc3O[C@@H]21. The van der Waals surface area contributed by atoms with Crippen LogP contribution in [0.2, 0.25) is 18.1 Å². The molecule has 2 heterocycles. The summed E-state index contributed by atoms with van der Waals surface area (Å²) in [6.45, 7) is 11.9. The fourth-order valence-electron chi connectivity index (χ4n) is 2.73. The van der Waals surface area contributed by atoms with Gasteiger partial charge in [-0.15, -0.1) is 0 Å². The standard InChI is InChI=1S/C18H26O3Si/c1-18(2,3)22(4,5)20-12-16-17-14(10-11-19-16)13-8-6-7-9-15(13)21-17/h6-11,14,16-17H,12H2,1-5H3/t14-,16-,17+/m1/s1. The van der Waals surface area contributed by atoms with Crippen LogP contribution in [0.3, 0.4) is 0 Å². The van der Waals surface area contributed by atoms with E-state index in [0.29, 0.717) is 6.61 Å². The number of benzene rings is 1. The molecular formula is C18H26O3Si. The molecule has 22 heavy (non-hydrogen) atoms. The molecule has 0 saturated carbocycles. The van der Waals surface area contributed by atoms with Gasteiger partial charge >= 0.3 is 0 Å². The normalized spacial score (nSPS) is 26.9. The summed E-state index contributed by atoms with van der Waals surface area (Å²) < 4.78 is 18.3. The van der Waals surface area contributed by atoms with Crippen molar-refractivity contribution in [1.29, 1.82) is 0 Å². The summed E-state index contributed by atoms with van der Waals surface area (Å²) in [6.07, 6.45) is 3.88. The zero-order valence-corrected chi connectivity index (χ0v) is 15.1. The summed E-state index contributed by atoms with van der Waals surface area (Å²) in [5.74, 6) is 1.25. The van der Waals surface area contributed by atoms with Crippen LogP contribution in [0.15, 0.2) is 36.6 Å². The van der Waals surface area contributed by atoms with Gasteiger partial charge in [0.1, 0.15) is 11.9 Å². The Bertz CT molecular complexity index is 574. The van der Waals surface area contributed by atoms with Gasteiger partial charge in [-0.2, -0.15) is 0 Å². The summed E-state index contributed by atoms with van der Waals surface area (Å²) >= 11 is 0. The fourth-order valence-corrected chi connectivity index (χ4v) is 3.74. The zero-order chi connectivity index (χ0) is 16.0. The van der Waals surface area contributed by atoms with E-state index in [4.69, 9.17) is 13.9 Å². The first kappa shape index (κ1) is 15.6. The van der Waals surface area contributed by atoms with Gasteiger partial charge < -0.3 is 13.9 Å². The van der Waals surface area contributed by atoms with E-state index >= 15 is 0 Å². The van der Waals surface area contributed by atoms with Gasteiger partial charge in [-0.1, -0.05) is 39.0 Å². The van der Waals surface area contributed by atoms with Crippen molar-refractivity contribution in [2.75, 3.05) is 6.61 Å². The van der Waals surface area contributed by atoms with Crippen LogP contribution in [-0.4, -0.2) is 27.1 Å². The minimum Gasteiger partial charge on any atom is -0.492 e. The van der Waals surface area contributed by atoms with Crippen molar-refractivity contribution in [2.24, 2.45) is 0 Å². The van der Waals surface area contributed by atoms with Crippen LogP contribution in [0.25, 0.3) is 0 Å². The van der Waals surface area contributed by atoms with Crippen molar-refractivity contribution < 1.29 is 13.9 Å². The minimum absolute atomic E-state index is 0.0205. The number of para-hydroxylation sites is 1. The summed E-state index contributed by atoms with van der Waals surface area (Å²) in [7, 11) is -1.77. The van der Waals surface area contributed by atoms with Crippen LogP contribution in [0.5, 0.6) is 5.75 Å². The van der Waals surface area contributed by atoms with E-state index in [9.17, 15) is 0 Å². The predicted molar refractivity (Wildman–Crippen MR) is 90.8 cm³/mol. The summed E-state index contributed by atoms with van der Waals surface area (Å²) in [5.41, 5.74) is 1.25. The highest BCUT2D eigenvalue weighted by Gasteiger charge is 2.43. The van der Waals surface area contributed by atoms with Gasteiger partial charge in [0.05, 0.1) is 12.9 Å². The number of hydrogen-bond donors (Lipinski definition) is 0. The van der Waals surface area contributed by atoms with Crippen molar-refractivity contribution in [2.45, 2.75) is 57.0 Å². The van der Waals surface area contributed by atoms with Crippen molar-refractivity contribution in [3.05, 3.63) is 42.2 Å². The number of fused-ring (bicyclic) bond motifs is 3. The van der Waals surface area contributed by atoms with Gasteiger partial charge in [0.15, 0.2) is 14.4 Å². The number of rotatable bonds is 3. The number of hydrogen-bond acceptors (Lipinski definition) is 3. The molecule has 2 aliphatic heterocycles. The average Bonchev–Trinajstić information content (AvgIpc) is 2.83. The Morgan fingerprint density at radius 3 is 2.64 bits per heavy atom. The molecule has 4 heteroatoms. The van der Waals surface area contributed by atoms with E-state index in [1.54, 1.807) is 0 Å². The molecule has 0 fully saturated rings. The van der Waals surface area contributed by atoms with Crippen molar-refractivity contribution in [3.63, 3.8) is 0 Å².